The molecule has 0 radical (unpaired) electrons. The molecule has 2 atom stereocenters. The molecule has 1 aromatic carbocycles. The maximum absolute atomic E-state index is 14.2. The third-order valence-electron chi connectivity index (χ3n) is 2.89. The standard InChI is InChI=1S/C13H14FN3O3S/c1-8(7-21(2)20)16-13-10(14)6-11(17(18)19)9-4-3-5-15-12(9)13/h3-6,8,16H,7H2,1-2H3. The minimum absolute atomic E-state index is 0.0918. The van der Waals surface area contributed by atoms with Crippen LogP contribution < -0.4 is 5.32 Å². The smallest absolute Gasteiger partial charge is 0.281 e. The summed E-state index contributed by atoms with van der Waals surface area (Å²) >= 11 is 0. The van der Waals surface area contributed by atoms with Crippen LogP contribution in [0.5, 0.6) is 0 Å². The second-order valence-electron chi connectivity index (χ2n) is 4.69. The maximum Gasteiger partial charge on any atom is 0.281 e. The zero-order valence-corrected chi connectivity index (χ0v) is 12.3. The van der Waals surface area contributed by atoms with Gasteiger partial charge in [0.15, 0.2) is 5.82 Å². The van der Waals surface area contributed by atoms with Crippen LogP contribution in [0, 0.1) is 15.9 Å². The van der Waals surface area contributed by atoms with Crippen molar-refractivity contribution in [2.75, 3.05) is 17.3 Å². The van der Waals surface area contributed by atoms with E-state index in [9.17, 15) is 18.7 Å². The summed E-state index contributed by atoms with van der Waals surface area (Å²) in [6.07, 6.45) is 3.00. The second kappa shape index (κ2) is 6.13. The lowest BCUT2D eigenvalue weighted by atomic mass is 10.1. The average Bonchev–Trinajstić information content (AvgIpc) is 2.40. The fraction of sp³-hybridized carbons (Fsp3) is 0.308. The number of rotatable bonds is 5. The molecule has 0 spiro atoms. The molecule has 21 heavy (non-hydrogen) atoms. The number of fused-ring (bicyclic) bond motifs is 1. The molecule has 0 bridgehead atoms. The van der Waals surface area contributed by atoms with Gasteiger partial charge < -0.3 is 5.32 Å². The van der Waals surface area contributed by atoms with E-state index in [1.807, 2.05) is 0 Å². The molecule has 0 amide bonds. The number of hydrogen-bond donors (Lipinski definition) is 1. The molecule has 0 aliphatic carbocycles. The SMILES string of the molecule is CC(CS(C)=O)Nc1c(F)cc([N+](=O)[O-])c2cccnc12. The van der Waals surface area contributed by atoms with Gasteiger partial charge in [0.05, 0.1) is 22.1 Å². The Bertz CT molecular complexity index is 723. The van der Waals surface area contributed by atoms with Crippen LogP contribution in [-0.2, 0) is 10.8 Å². The molecule has 0 saturated carbocycles. The Morgan fingerprint density at radius 2 is 2.29 bits per heavy atom. The van der Waals surface area contributed by atoms with Crippen molar-refractivity contribution in [2.45, 2.75) is 13.0 Å². The van der Waals surface area contributed by atoms with Crippen LogP contribution >= 0.6 is 0 Å². The Hall–Kier alpha value is -2.09. The number of nitrogens with one attached hydrogen (secondary N) is 1. The first-order valence-corrected chi connectivity index (χ1v) is 7.91. The Labute approximate surface area is 123 Å². The highest BCUT2D eigenvalue weighted by Crippen LogP contribution is 2.32. The highest BCUT2D eigenvalue weighted by atomic mass is 32.2. The lowest BCUT2D eigenvalue weighted by Crippen LogP contribution is -2.23. The van der Waals surface area contributed by atoms with E-state index in [1.54, 1.807) is 19.2 Å². The quantitative estimate of drug-likeness (QED) is 0.677. The van der Waals surface area contributed by atoms with Crippen LogP contribution in [-0.4, -0.2) is 32.2 Å². The summed E-state index contributed by atoms with van der Waals surface area (Å²) in [5.74, 6) is -0.410. The van der Waals surface area contributed by atoms with Crippen molar-refractivity contribution in [1.29, 1.82) is 0 Å². The molecule has 112 valence electrons. The maximum atomic E-state index is 14.2. The van der Waals surface area contributed by atoms with E-state index >= 15 is 0 Å². The third kappa shape index (κ3) is 3.33. The number of nitro benzene ring substituents is 1. The molecule has 0 aliphatic heterocycles. The summed E-state index contributed by atoms with van der Waals surface area (Å²) in [5, 5.41) is 14.2. The Morgan fingerprint density at radius 1 is 1.57 bits per heavy atom. The number of benzene rings is 1. The third-order valence-corrected chi connectivity index (χ3v) is 3.86. The summed E-state index contributed by atoms with van der Waals surface area (Å²) in [5.41, 5.74) is -0.0417. The highest BCUT2D eigenvalue weighted by Gasteiger charge is 2.21. The number of pyridine rings is 1. The van der Waals surface area contributed by atoms with Gasteiger partial charge in [-0.1, -0.05) is 0 Å². The zero-order chi connectivity index (χ0) is 15.6. The van der Waals surface area contributed by atoms with Gasteiger partial charge in [-0.25, -0.2) is 4.39 Å². The van der Waals surface area contributed by atoms with Crippen molar-refractivity contribution < 1.29 is 13.5 Å². The van der Waals surface area contributed by atoms with Gasteiger partial charge in [-0.15, -0.1) is 0 Å². The van der Waals surface area contributed by atoms with Gasteiger partial charge in [-0.2, -0.15) is 0 Å². The molecule has 1 N–H and O–H groups in total. The first kappa shape index (κ1) is 15.3. The van der Waals surface area contributed by atoms with Crippen molar-refractivity contribution in [3.63, 3.8) is 0 Å². The molecule has 0 aliphatic rings. The topological polar surface area (TPSA) is 85.1 Å². The van der Waals surface area contributed by atoms with Crippen molar-refractivity contribution in [1.82, 2.24) is 4.98 Å². The lowest BCUT2D eigenvalue weighted by Gasteiger charge is -2.16. The first-order chi connectivity index (χ1) is 9.90. The van der Waals surface area contributed by atoms with E-state index in [2.05, 4.69) is 10.3 Å². The summed E-state index contributed by atoms with van der Waals surface area (Å²) in [4.78, 5) is 14.4. The van der Waals surface area contributed by atoms with Gasteiger partial charge in [0.1, 0.15) is 5.52 Å². The summed E-state index contributed by atoms with van der Waals surface area (Å²) in [6, 6.07) is 3.70. The van der Waals surface area contributed by atoms with E-state index in [4.69, 9.17) is 0 Å². The largest absolute Gasteiger partial charge is 0.378 e. The van der Waals surface area contributed by atoms with Crippen LogP contribution in [0.1, 0.15) is 6.92 Å². The molecule has 8 heteroatoms. The predicted octanol–water partition coefficient (Wildman–Crippen LogP) is 2.46. The van der Waals surface area contributed by atoms with Gasteiger partial charge in [-0.3, -0.25) is 19.3 Å². The van der Waals surface area contributed by atoms with Gasteiger partial charge in [0, 0.05) is 35.0 Å². The van der Waals surface area contributed by atoms with Crippen LogP contribution in [0.3, 0.4) is 0 Å². The number of non-ortho nitro benzene ring substituents is 1. The van der Waals surface area contributed by atoms with Gasteiger partial charge in [0.2, 0.25) is 0 Å². The minimum Gasteiger partial charge on any atom is -0.378 e. The number of halogens is 1. The van der Waals surface area contributed by atoms with E-state index in [-0.39, 0.29) is 28.3 Å². The van der Waals surface area contributed by atoms with Gasteiger partial charge in [-0.05, 0) is 19.1 Å². The van der Waals surface area contributed by atoms with Crippen molar-refractivity contribution in [3.8, 4) is 0 Å². The van der Waals surface area contributed by atoms with Crippen molar-refractivity contribution in [2.24, 2.45) is 0 Å². The van der Waals surface area contributed by atoms with Crippen LogP contribution in [0.2, 0.25) is 0 Å². The predicted molar refractivity (Wildman–Crippen MR) is 80.4 cm³/mol. The number of nitro groups is 1. The van der Waals surface area contributed by atoms with Crippen LogP contribution in [0.4, 0.5) is 15.8 Å². The number of anilines is 1. The lowest BCUT2D eigenvalue weighted by molar-refractivity contribution is -0.383. The summed E-state index contributed by atoms with van der Waals surface area (Å²) < 4.78 is 25.4. The molecular formula is C13H14FN3O3S. The van der Waals surface area contributed by atoms with E-state index in [0.717, 1.165) is 6.07 Å². The van der Waals surface area contributed by atoms with Crippen molar-refractivity contribution in [3.05, 3.63) is 40.3 Å². The van der Waals surface area contributed by atoms with Gasteiger partial charge in [0.25, 0.3) is 5.69 Å². The molecular weight excluding hydrogens is 297 g/mol. The molecule has 2 rings (SSSR count). The molecule has 1 aromatic heterocycles. The number of aromatic nitrogens is 1. The minimum atomic E-state index is -1.03. The monoisotopic (exact) mass is 311 g/mol. The van der Waals surface area contributed by atoms with Gasteiger partial charge >= 0.3 is 0 Å². The molecule has 6 nitrogen and oxygen atoms in total. The Kier molecular flexibility index (Phi) is 4.46. The van der Waals surface area contributed by atoms with Crippen LogP contribution in [0.15, 0.2) is 24.4 Å². The molecule has 0 fully saturated rings. The Balaban J connectivity index is 2.54. The summed E-state index contributed by atoms with van der Waals surface area (Å²) in [6.45, 7) is 1.76. The van der Waals surface area contributed by atoms with E-state index in [0.29, 0.717) is 5.75 Å². The fourth-order valence-electron chi connectivity index (χ4n) is 2.12. The Morgan fingerprint density at radius 3 is 2.90 bits per heavy atom. The van der Waals surface area contributed by atoms with E-state index < -0.39 is 21.5 Å². The normalized spacial score (nSPS) is 13.9. The molecule has 0 saturated heterocycles. The summed E-state index contributed by atoms with van der Waals surface area (Å²) in [7, 11) is -1.03. The molecule has 2 unspecified atom stereocenters. The van der Waals surface area contributed by atoms with Crippen LogP contribution in [0.25, 0.3) is 10.9 Å². The molecule has 1 heterocycles. The van der Waals surface area contributed by atoms with Crippen molar-refractivity contribution >= 4 is 33.1 Å². The number of hydrogen-bond acceptors (Lipinski definition) is 5. The van der Waals surface area contributed by atoms with E-state index in [1.165, 1.54) is 12.3 Å². The zero-order valence-electron chi connectivity index (χ0n) is 11.5. The highest BCUT2D eigenvalue weighted by molar-refractivity contribution is 7.84. The fourth-order valence-corrected chi connectivity index (χ4v) is 2.91. The number of nitrogens with zero attached hydrogens (tertiary/aromatic N) is 2. The molecule has 2 aromatic rings. The average molecular weight is 311 g/mol. The second-order valence-corrected chi connectivity index (χ2v) is 6.17. The first-order valence-electron chi connectivity index (χ1n) is 6.18.